The van der Waals surface area contributed by atoms with E-state index in [1.165, 1.54) is 24.0 Å². The van der Waals surface area contributed by atoms with Crippen LogP contribution in [0, 0.1) is 70.5 Å². The summed E-state index contributed by atoms with van der Waals surface area (Å²) in [6, 6.07) is 11.2. The summed E-state index contributed by atoms with van der Waals surface area (Å²) in [5.41, 5.74) is 4.74. The van der Waals surface area contributed by atoms with Crippen LogP contribution in [0.4, 0.5) is 0 Å². The first-order valence-electron chi connectivity index (χ1n) is 9.60. The first kappa shape index (κ1) is 40.6. The van der Waals surface area contributed by atoms with E-state index in [1.54, 1.807) is 5.57 Å². The predicted molar refractivity (Wildman–Crippen MR) is 114 cm³/mol. The first-order valence-corrected chi connectivity index (χ1v) is 9.60. The second kappa shape index (κ2) is 24.1. The minimum atomic E-state index is 0. The normalized spacial score (nSPS) is 23.2. The molecule has 8 heteroatoms. The maximum Gasteiger partial charge on any atom is 0 e. The molecule has 2 bridgehead atoms. The summed E-state index contributed by atoms with van der Waals surface area (Å²) < 4.78 is 45.0. The van der Waals surface area contributed by atoms with Crippen LogP contribution in [0.5, 0.6) is 0 Å². The summed E-state index contributed by atoms with van der Waals surface area (Å²) in [4.78, 5) is 0. The number of hydrogen-bond acceptors (Lipinski definition) is 0. The average Bonchev–Trinajstić information content (AvgIpc) is 3.69. The molecule has 0 aliphatic heterocycles. The molecule has 5 rings (SSSR count). The van der Waals surface area contributed by atoms with Crippen molar-refractivity contribution in [1.82, 2.24) is 0 Å². The Balaban J connectivity index is -0.000000325. The molecule has 0 aromatic heterocycles. The molecule has 4 atom stereocenters. The van der Waals surface area contributed by atoms with Gasteiger partial charge in [-0.15, -0.1) is 6.08 Å². The Morgan fingerprint density at radius 3 is 1.83 bits per heavy atom. The third-order valence-electron chi connectivity index (χ3n) is 6.11. The molecular weight excluding hydrogens is 536 g/mol. The fourth-order valence-corrected chi connectivity index (χ4v) is 5.12. The number of fused-ring (bicyclic) bond motifs is 5. The first-order chi connectivity index (χ1) is 16.9. The summed E-state index contributed by atoms with van der Waals surface area (Å²) in [6.07, 6.45) is 21.1. The van der Waals surface area contributed by atoms with E-state index in [-0.39, 0.29) is 40.1 Å². The molecule has 1 aromatic carbocycles. The van der Waals surface area contributed by atoms with Gasteiger partial charge in [-0.25, -0.2) is 0 Å². The number of benzene rings is 1. The second-order valence-corrected chi connectivity index (χ2v) is 7.09. The third-order valence-corrected chi connectivity index (χ3v) is 6.11. The van der Waals surface area contributed by atoms with Gasteiger partial charge in [0.1, 0.15) is 0 Å². The Labute approximate surface area is 234 Å². The van der Waals surface area contributed by atoms with E-state index < -0.39 is 0 Å². The molecule has 6 nitrogen and oxygen atoms in total. The van der Waals surface area contributed by atoms with Crippen LogP contribution in [0.25, 0.3) is 0 Å². The van der Waals surface area contributed by atoms with E-state index in [9.17, 15) is 0 Å². The Bertz CT molecular complexity index is 949. The number of hydrogen-bond donors (Lipinski definition) is 0. The van der Waals surface area contributed by atoms with Gasteiger partial charge in [0.05, 0.1) is 0 Å². The number of allylic oxidation sites excluding steroid dienone is 8. The zero-order valence-electron chi connectivity index (χ0n) is 18.9. The van der Waals surface area contributed by atoms with Crippen LogP contribution in [0.15, 0.2) is 77.9 Å². The van der Waals surface area contributed by atoms with Crippen molar-refractivity contribution in [3.63, 3.8) is 0 Å². The molecule has 4 aliphatic carbocycles. The van der Waals surface area contributed by atoms with E-state index in [1.807, 2.05) is 0 Å². The Kier molecular flexibility index (Phi) is 27.2. The van der Waals surface area contributed by atoms with Crippen molar-refractivity contribution in [3.05, 3.63) is 136 Å². The third kappa shape index (κ3) is 9.14. The second-order valence-electron chi connectivity index (χ2n) is 7.09. The van der Waals surface area contributed by atoms with Crippen molar-refractivity contribution < 1.29 is 62.6 Å². The topological polar surface area (TPSA) is 119 Å². The average molecular weight is 556 g/mol. The summed E-state index contributed by atoms with van der Waals surface area (Å²) in [7, 11) is 0. The van der Waals surface area contributed by atoms with Crippen molar-refractivity contribution in [2.75, 3.05) is 0 Å². The molecule has 0 unspecified atom stereocenters. The van der Waals surface area contributed by atoms with Crippen LogP contribution in [0.3, 0.4) is 0 Å². The quantitative estimate of drug-likeness (QED) is 0.284. The maximum atomic E-state index is 7.50. The van der Waals surface area contributed by atoms with Crippen LogP contribution in [0.1, 0.15) is 18.4 Å². The van der Waals surface area contributed by atoms with E-state index in [2.05, 4.69) is 120 Å². The Morgan fingerprint density at radius 1 is 0.778 bits per heavy atom. The maximum absolute atomic E-state index is 7.50. The fourth-order valence-electron chi connectivity index (χ4n) is 5.12. The van der Waals surface area contributed by atoms with Crippen LogP contribution in [0.2, 0.25) is 0 Å². The molecule has 0 amide bonds. The van der Waals surface area contributed by atoms with Gasteiger partial charge < -0.3 is 0 Å². The van der Waals surface area contributed by atoms with Crippen LogP contribution >= 0.6 is 0 Å². The minimum absolute atomic E-state index is 0. The van der Waals surface area contributed by atoms with Crippen molar-refractivity contribution in [3.8, 4) is 0 Å². The molecule has 182 valence electrons. The zero-order chi connectivity index (χ0) is 26.6. The number of rotatable bonds is 2. The standard InChI is InChI=1S/C22H20.6CO.2Cr/c1-3-7-16(8-4-1)18-13-20-17-11-12-22(15-17,21(20)14-18)19-9-5-2-6-10-19;6*1-2;;/h1-12,14,17,20-21H,13,15H2;;;;;;;;/q-2;;;;;;;;/t17-,20-,21-,22+;;;;;;;;/m1......../s1. The fraction of sp³-hybridized carbons (Fsp3) is 0.214. The molecule has 1 aromatic rings. The van der Waals surface area contributed by atoms with Gasteiger partial charge in [0.2, 0.25) is 0 Å². The zero-order valence-corrected chi connectivity index (χ0v) is 21.5. The largest absolute Gasteiger partial charge is 0 e. The van der Waals surface area contributed by atoms with Gasteiger partial charge in [0, 0.05) is 40.1 Å². The molecule has 0 radical (unpaired) electrons. The summed E-state index contributed by atoms with van der Waals surface area (Å²) >= 11 is 0. The molecule has 4 aliphatic rings. The molecule has 0 spiro atoms. The van der Waals surface area contributed by atoms with E-state index in [4.69, 9.17) is 27.9 Å². The summed E-state index contributed by atoms with van der Waals surface area (Å²) in [5, 5.41) is 0. The molecule has 1 saturated carbocycles. The smallest absolute Gasteiger partial charge is 0 e. The minimum Gasteiger partial charge on any atom is 0 e. The van der Waals surface area contributed by atoms with E-state index >= 15 is 0 Å². The van der Waals surface area contributed by atoms with E-state index in [0.29, 0.717) is 5.92 Å². The molecule has 1 fully saturated rings. The van der Waals surface area contributed by atoms with Gasteiger partial charge in [-0.2, -0.15) is 5.57 Å². The SMILES string of the molecule is C1=C[CH-]C(C2=C[C@@H]3[C@H](C2)[C@@H]2C=C[C@@]3(c3ccccc3)C2)=C[CH-]1.[C-]#[O+].[C-]#[O+].[C-]#[O+].[C-]#[O+].[C-]#[O+].[C-]#[O+].[Cr].[Cr]. The van der Waals surface area contributed by atoms with Gasteiger partial charge in [-0.05, 0) is 29.7 Å². The van der Waals surface area contributed by atoms with Gasteiger partial charge in [-0.3, -0.25) is 36.6 Å². The van der Waals surface area contributed by atoms with Crippen molar-refractivity contribution >= 4 is 0 Å². The molecule has 36 heavy (non-hydrogen) atoms. The van der Waals surface area contributed by atoms with Gasteiger partial charge in [0.25, 0.3) is 0 Å². The summed E-state index contributed by atoms with van der Waals surface area (Å²) in [5.74, 6) is 2.25. The van der Waals surface area contributed by atoms with Crippen molar-refractivity contribution in [2.45, 2.75) is 18.3 Å². The van der Waals surface area contributed by atoms with Crippen molar-refractivity contribution in [1.29, 1.82) is 0 Å². The molecular formula is C28H20Cr2O6-2. The molecule has 0 heterocycles. The van der Waals surface area contributed by atoms with Gasteiger partial charge in [-0.1, -0.05) is 48.9 Å². The molecule has 0 saturated heterocycles. The van der Waals surface area contributed by atoms with Crippen LogP contribution in [-0.2, 0) is 68.1 Å². The Hall–Kier alpha value is -2.58. The molecule has 0 N–H and O–H groups in total. The van der Waals surface area contributed by atoms with Crippen LogP contribution < -0.4 is 0 Å². The van der Waals surface area contributed by atoms with Gasteiger partial charge >= 0.3 is 67.8 Å². The van der Waals surface area contributed by atoms with Crippen LogP contribution in [-0.4, -0.2) is 0 Å². The Morgan fingerprint density at radius 2 is 1.33 bits per heavy atom. The van der Waals surface area contributed by atoms with E-state index in [0.717, 1.165) is 11.8 Å². The predicted octanol–water partition coefficient (Wildman–Crippen LogP) is 4.75. The van der Waals surface area contributed by atoms with Crippen molar-refractivity contribution in [2.24, 2.45) is 17.8 Å². The van der Waals surface area contributed by atoms with Gasteiger partial charge in [0.15, 0.2) is 0 Å². The monoisotopic (exact) mass is 556 g/mol. The summed E-state index contributed by atoms with van der Waals surface area (Å²) in [6.45, 7) is 27.0.